The number of amides is 1. The minimum atomic E-state index is -0.0985. The zero-order valence-corrected chi connectivity index (χ0v) is 15.0. The predicted octanol–water partition coefficient (Wildman–Crippen LogP) is 2.77. The molecule has 2 heterocycles. The summed E-state index contributed by atoms with van der Waals surface area (Å²) in [6.07, 6.45) is 3.48. The SMILES string of the molecule is CN(CC(=O)N1CCO[C@H](c2ccc(Cl)cc2)C1)Cc1cccnc1. The van der Waals surface area contributed by atoms with Crippen molar-refractivity contribution in [2.75, 3.05) is 33.3 Å². The number of aromatic nitrogens is 1. The standard InChI is InChI=1S/C19H22ClN3O2/c1-22(12-15-3-2-8-21-11-15)14-19(24)23-9-10-25-18(13-23)16-4-6-17(20)7-5-16/h2-8,11,18H,9-10,12-14H2,1H3/t18-/m0/s1. The highest BCUT2D eigenvalue weighted by Gasteiger charge is 2.25. The molecule has 132 valence electrons. The second-order valence-corrected chi connectivity index (χ2v) is 6.72. The van der Waals surface area contributed by atoms with Crippen LogP contribution in [0.4, 0.5) is 0 Å². The van der Waals surface area contributed by atoms with E-state index in [0.29, 0.717) is 37.8 Å². The van der Waals surface area contributed by atoms with Crippen molar-refractivity contribution in [1.29, 1.82) is 0 Å². The summed E-state index contributed by atoms with van der Waals surface area (Å²) < 4.78 is 5.83. The highest BCUT2D eigenvalue weighted by Crippen LogP contribution is 2.23. The normalized spacial score (nSPS) is 17.7. The van der Waals surface area contributed by atoms with Gasteiger partial charge in [-0.3, -0.25) is 14.7 Å². The average molecular weight is 360 g/mol. The highest BCUT2D eigenvalue weighted by molar-refractivity contribution is 6.30. The van der Waals surface area contributed by atoms with Crippen molar-refractivity contribution in [3.05, 3.63) is 64.9 Å². The average Bonchev–Trinajstić information content (AvgIpc) is 2.63. The van der Waals surface area contributed by atoms with Crippen LogP contribution in [0.1, 0.15) is 17.2 Å². The van der Waals surface area contributed by atoms with Gasteiger partial charge < -0.3 is 9.64 Å². The number of benzene rings is 1. The van der Waals surface area contributed by atoms with Gasteiger partial charge in [0.25, 0.3) is 0 Å². The van der Waals surface area contributed by atoms with E-state index in [9.17, 15) is 4.79 Å². The van der Waals surface area contributed by atoms with E-state index >= 15 is 0 Å². The number of rotatable bonds is 5. The van der Waals surface area contributed by atoms with Crippen LogP contribution in [-0.4, -0.2) is 54.0 Å². The van der Waals surface area contributed by atoms with E-state index in [1.165, 1.54) is 0 Å². The number of morpholine rings is 1. The van der Waals surface area contributed by atoms with Crippen LogP contribution in [-0.2, 0) is 16.1 Å². The van der Waals surface area contributed by atoms with E-state index in [-0.39, 0.29) is 12.0 Å². The maximum absolute atomic E-state index is 12.6. The molecular weight excluding hydrogens is 338 g/mol. The molecule has 1 aliphatic heterocycles. The third-order valence-corrected chi connectivity index (χ3v) is 4.49. The summed E-state index contributed by atoms with van der Waals surface area (Å²) in [5, 5.41) is 0.699. The third-order valence-electron chi connectivity index (χ3n) is 4.24. The Kier molecular flexibility index (Phi) is 6.02. The summed E-state index contributed by atoms with van der Waals surface area (Å²) in [7, 11) is 1.95. The number of ether oxygens (including phenoxy) is 1. The van der Waals surface area contributed by atoms with Crippen LogP contribution in [0.2, 0.25) is 5.02 Å². The van der Waals surface area contributed by atoms with E-state index in [0.717, 1.165) is 11.1 Å². The van der Waals surface area contributed by atoms with Crippen LogP contribution in [0.5, 0.6) is 0 Å². The van der Waals surface area contributed by atoms with Gasteiger partial charge in [-0.2, -0.15) is 0 Å². The maximum Gasteiger partial charge on any atom is 0.236 e. The van der Waals surface area contributed by atoms with E-state index in [4.69, 9.17) is 16.3 Å². The van der Waals surface area contributed by atoms with Crippen molar-refractivity contribution >= 4 is 17.5 Å². The van der Waals surface area contributed by atoms with E-state index in [2.05, 4.69) is 4.98 Å². The molecule has 1 atom stereocenters. The Labute approximate surface area is 153 Å². The molecule has 25 heavy (non-hydrogen) atoms. The van der Waals surface area contributed by atoms with Crippen LogP contribution in [0.15, 0.2) is 48.8 Å². The quantitative estimate of drug-likeness (QED) is 0.823. The molecule has 5 nitrogen and oxygen atoms in total. The summed E-state index contributed by atoms with van der Waals surface area (Å²) in [6, 6.07) is 11.5. The Morgan fingerprint density at radius 3 is 2.88 bits per heavy atom. The molecule has 0 spiro atoms. The largest absolute Gasteiger partial charge is 0.370 e. The van der Waals surface area contributed by atoms with Crippen LogP contribution >= 0.6 is 11.6 Å². The van der Waals surface area contributed by atoms with Crippen molar-refractivity contribution in [2.45, 2.75) is 12.6 Å². The van der Waals surface area contributed by atoms with Gasteiger partial charge in [-0.25, -0.2) is 0 Å². The number of carbonyl (C=O) groups is 1. The summed E-state index contributed by atoms with van der Waals surface area (Å²) in [5.74, 6) is 0.119. The monoisotopic (exact) mass is 359 g/mol. The lowest BCUT2D eigenvalue weighted by Crippen LogP contribution is -2.46. The summed E-state index contributed by atoms with van der Waals surface area (Å²) >= 11 is 5.94. The zero-order valence-electron chi connectivity index (χ0n) is 14.3. The Hall–Kier alpha value is -1.95. The summed E-state index contributed by atoms with van der Waals surface area (Å²) in [6.45, 7) is 2.82. The van der Waals surface area contributed by atoms with Gasteiger partial charge in [0.15, 0.2) is 0 Å². The molecule has 1 amide bonds. The van der Waals surface area contributed by atoms with Crippen molar-refractivity contribution in [3.63, 3.8) is 0 Å². The Bertz CT molecular complexity index is 694. The lowest BCUT2D eigenvalue weighted by Gasteiger charge is -2.34. The molecule has 0 bridgehead atoms. The molecule has 1 fully saturated rings. The number of halogens is 1. The fraction of sp³-hybridized carbons (Fsp3) is 0.368. The molecule has 1 aromatic heterocycles. The minimum absolute atomic E-state index is 0.0985. The third kappa shape index (κ3) is 5.01. The van der Waals surface area contributed by atoms with Crippen molar-refractivity contribution < 1.29 is 9.53 Å². The molecule has 1 aromatic carbocycles. The van der Waals surface area contributed by atoms with E-state index in [1.807, 2.05) is 59.4 Å². The van der Waals surface area contributed by atoms with Crippen LogP contribution in [0.3, 0.4) is 0 Å². The van der Waals surface area contributed by atoms with Gasteiger partial charge in [-0.05, 0) is 36.4 Å². The minimum Gasteiger partial charge on any atom is -0.370 e. The topological polar surface area (TPSA) is 45.7 Å². The van der Waals surface area contributed by atoms with Gasteiger partial charge in [-0.15, -0.1) is 0 Å². The number of hydrogen-bond acceptors (Lipinski definition) is 4. The highest BCUT2D eigenvalue weighted by atomic mass is 35.5. The number of pyridine rings is 1. The first-order chi connectivity index (χ1) is 12.1. The van der Waals surface area contributed by atoms with Gasteiger partial charge in [0, 0.05) is 30.5 Å². The van der Waals surface area contributed by atoms with Crippen LogP contribution < -0.4 is 0 Å². The van der Waals surface area contributed by atoms with E-state index in [1.54, 1.807) is 6.20 Å². The van der Waals surface area contributed by atoms with E-state index < -0.39 is 0 Å². The van der Waals surface area contributed by atoms with Gasteiger partial charge >= 0.3 is 0 Å². The molecule has 0 saturated carbocycles. The second-order valence-electron chi connectivity index (χ2n) is 6.28. The molecule has 3 rings (SSSR count). The molecule has 6 heteroatoms. The van der Waals surface area contributed by atoms with Crippen LogP contribution in [0, 0.1) is 0 Å². The molecule has 0 N–H and O–H groups in total. The van der Waals surface area contributed by atoms with Gasteiger partial charge in [0.1, 0.15) is 6.10 Å². The Morgan fingerprint density at radius 1 is 1.36 bits per heavy atom. The molecule has 0 unspecified atom stereocenters. The van der Waals surface area contributed by atoms with Crippen molar-refractivity contribution in [1.82, 2.24) is 14.8 Å². The fourth-order valence-corrected chi connectivity index (χ4v) is 3.07. The van der Waals surface area contributed by atoms with Gasteiger partial charge in [0.2, 0.25) is 5.91 Å². The Morgan fingerprint density at radius 2 is 2.16 bits per heavy atom. The Balaban J connectivity index is 1.55. The first-order valence-electron chi connectivity index (χ1n) is 8.34. The molecule has 0 radical (unpaired) electrons. The van der Waals surface area contributed by atoms with Gasteiger partial charge in [0.05, 0.1) is 19.7 Å². The smallest absolute Gasteiger partial charge is 0.236 e. The zero-order chi connectivity index (χ0) is 17.6. The molecule has 2 aromatic rings. The predicted molar refractivity (Wildman–Crippen MR) is 97.3 cm³/mol. The number of nitrogens with zero attached hydrogens (tertiary/aromatic N) is 3. The maximum atomic E-state index is 12.6. The summed E-state index contributed by atoms with van der Waals surface area (Å²) in [4.78, 5) is 20.6. The first kappa shape index (κ1) is 17.9. The number of hydrogen-bond donors (Lipinski definition) is 0. The first-order valence-corrected chi connectivity index (χ1v) is 8.72. The molecule has 1 aliphatic rings. The van der Waals surface area contributed by atoms with Crippen molar-refractivity contribution in [3.8, 4) is 0 Å². The number of carbonyl (C=O) groups excluding carboxylic acids is 1. The fourth-order valence-electron chi connectivity index (χ4n) is 2.95. The molecule has 1 saturated heterocycles. The number of likely N-dealkylation sites (N-methyl/N-ethyl adjacent to an activating group) is 1. The molecule has 0 aliphatic carbocycles. The molecular formula is C19H22ClN3O2. The lowest BCUT2D eigenvalue weighted by molar-refractivity contribution is -0.140. The van der Waals surface area contributed by atoms with Crippen molar-refractivity contribution in [2.24, 2.45) is 0 Å². The van der Waals surface area contributed by atoms with Crippen LogP contribution in [0.25, 0.3) is 0 Å². The van der Waals surface area contributed by atoms with Gasteiger partial charge in [-0.1, -0.05) is 29.8 Å². The summed E-state index contributed by atoms with van der Waals surface area (Å²) in [5.41, 5.74) is 2.14. The lowest BCUT2D eigenvalue weighted by atomic mass is 10.1. The second kappa shape index (κ2) is 8.43.